The summed E-state index contributed by atoms with van der Waals surface area (Å²) in [6, 6.07) is 3.75. The molecule has 1 aromatic heterocycles. The minimum absolute atomic E-state index is 0.140. The number of fused-ring (bicyclic) bond motifs is 2. The van der Waals surface area contributed by atoms with Crippen LogP contribution in [0.4, 0.5) is 0 Å². The highest BCUT2D eigenvalue weighted by Crippen LogP contribution is 2.55. The number of hydrogen-bond acceptors (Lipinski definition) is 5. The Labute approximate surface area is 148 Å². The zero-order valence-corrected chi connectivity index (χ0v) is 14.9. The van der Waals surface area contributed by atoms with Gasteiger partial charge in [-0.25, -0.2) is 0 Å². The van der Waals surface area contributed by atoms with Gasteiger partial charge in [0, 0.05) is 24.3 Å². The molecule has 2 aliphatic carbocycles. The Balaban J connectivity index is 1.51. The van der Waals surface area contributed by atoms with Crippen LogP contribution >= 0.6 is 0 Å². The van der Waals surface area contributed by atoms with Crippen LogP contribution in [0.2, 0.25) is 0 Å². The van der Waals surface area contributed by atoms with Gasteiger partial charge >= 0.3 is 5.97 Å². The van der Waals surface area contributed by atoms with E-state index in [4.69, 9.17) is 9.15 Å². The number of carbonyl (C=O) groups excluding carboxylic acids is 1. The van der Waals surface area contributed by atoms with Gasteiger partial charge in [-0.3, -0.25) is 4.79 Å². The second-order valence-electron chi connectivity index (χ2n) is 8.01. The number of carbonyl (C=O) groups is 1. The number of aliphatic hydroxyl groups excluding tert-OH is 1. The van der Waals surface area contributed by atoms with E-state index in [9.17, 15) is 9.90 Å². The van der Waals surface area contributed by atoms with Crippen molar-refractivity contribution in [2.45, 2.75) is 51.9 Å². The highest BCUT2D eigenvalue weighted by molar-refractivity contribution is 5.76. The molecule has 1 saturated heterocycles. The Morgan fingerprint density at radius 2 is 2.28 bits per heavy atom. The van der Waals surface area contributed by atoms with Crippen LogP contribution in [0.5, 0.6) is 0 Å². The van der Waals surface area contributed by atoms with Gasteiger partial charge in [0.1, 0.15) is 11.9 Å². The maximum absolute atomic E-state index is 12.5. The van der Waals surface area contributed by atoms with Gasteiger partial charge in [-0.15, -0.1) is 0 Å². The molecule has 5 nitrogen and oxygen atoms in total. The average Bonchev–Trinajstić information content (AvgIpc) is 3.19. The summed E-state index contributed by atoms with van der Waals surface area (Å²) < 4.78 is 11.0. The Morgan fingerprint density at radius 3 is 3.04 bits per heavy atom. The first kappa shape index (κ1) is 16.9. The molecule has 3 aliphatic rings. The van der Waals surface area contributed by atoms with E-state index in [0.29, 0.717) is 19.0 Å². The molecule has 5 heteroatoms. The quantitative estimate of drug-likeness (QED) is 0.648. The first-order chi connectivity index (χ1) is 12.0. The fraction of sp³-hybridized carbons (Fsp3) is 0.650. The third-order valence-corrected chi connectivity index (χ3v) is 6.81. The molecule has 2 fully saturated rings. The number of furan rings is 1. The van der Waals surface area contributed by atoms with E-state index in [2.05, 4.69) is 25.2 Å². The first-order valence-electron chi connectivity index (χ1n) is 9.33. The molecule has 0 bridgehead atoms. The third kappa shape index (κ3) is 2.64. The van der Waals surface area contributed by atoms with Gasteiger partial charge in [0.05, 0.1) is 24.8 Å². The second-order valence-corrected chi connectivity index (χ2v) is 8.01. The van der Waals surface area contributed by atoms with E-state index < -0.39 is 6.10 Å². The fourth-order valence-corrected chi connectivity index (χ4v) is 5.06. The number of nitrogens with one attached hydrogen (secondary N) is 1. The summed E-state index contributed by atoms with van der Waals surface area (Å²) in [6.07, 6.45) is 6.07. The Morgan fingerprint density at radius 1 is 1.44 bits per heavy atom. The van der Waals surface area contributed by atoms with Gasteiger partial charge in [-0.1, -0.05) is 25.5 Å². The SMILES string of the molecule is CC1CCC=C2CC3OC(=O)C(CNCc4ccco4)C3C(O)C21C. The molecule has 4 rings (SSSR count). The number of hydrogen-bond donors (Lipinski definition) is 2. The van der Waals surface area contributed by atoms with Crippen molar-refractivity contribution in [2.75, 3.05) is 6.54 Å². The molecular weight excluding hydrogens is 318 g/mol. The molecule has 6 atom stereocenters. The van der Waals surface area contributed by atoms with Gasteiger partial charge in [-0.05, 0) is 30.9 Å². The smallest absolute Gasteiger partial charge is 0.311 e. The van der Waals surface area contributed by atoms with Gasteiger partial charge in [-0.2, -0.15) is 0 Å². The van der Waals surface area contributed by atoms with Crippen molar-refractivity contribution in [1.29, 1.82) is 0 Å². The van der Waals surface area contributed by atoms with Crippen LogP contribution in [-0.2, 0) is 16.1 Å². The van der Waals surface area contributed by atoms with Crippen LogP contribution in [-0.4, -0.2) is 29.8 Å². The standard InChI is InChI=1S/C20H27NO4/c1-12-5-3-6-13-9-16-17(18(22)20(12,13)2)15(19(23)25-16)11-21-10-14-7-4-8-24-14/h4,6-8,12,15-18,21-22H,3,5,9-11H2,1-2H3. The van der Waals surface area contributed by atoms with Crippen LogP contribution in [0.25, 0.3) is 0 Å². The van der Waals surface area contributed by atoms with Gasteiger partial charge in [0.15, 0.2) is 0 Å². The zero-order chi connectivity index (χ0) is 17.6. The predicted octanol–water partition coefficient (Wildman–Crippen LogP) is 2.65. The maximum Gasteiger partial charge on any atom is 0.311 e. The van der Waals surface area contributed by atoms with Crippen LogP contribution in [0, 0.1) is 23.2 Å². The van der Waals surface area contributed by atoms with Crippen LogP contribution in [0.3, 0.4) is 0 Å². The lowest BCUT2D eigenvalue weighted by Crippen LogP contribution is -2.54. The van der Waals surface area contributed by atoms with Crippen molar-refractivity contribution >= 4 is 5.97 Å². The molecule has 2 heterocycles. The summed E-state index contributed by atoms with van der Waals surface area (Å²) in [6.45, 7) is 5.46. The lowest BCUT2D eigenvalue weighted by molar-refractivity contribution is -0.144. The number of esters is 1. The molecule has 25 heavy (non-hydrogen) atoms. The largest absolute Gasteiger partial charge is 0.468 e. The molecule has 6 unspecified atom stereocenters. The topological polar surface area (TPSA) is 71.7 Å². The van der Waals surface area contributed by atoms with Crippen molar-refractivity contribution in [2.24, 2.45) is 23.2 Å². The summed E-state index contributed by atoms with van der Waals surface area (Å²) in [5.74, 6) is 0.624. The highest BCUT2D eigenvalue weighted by atomic mass is 16.6. The van der Waals surface area contributed by atoms with Gasteiger partial charge in [0.2, 0.25) is 0 Å². The van der Waals surface area contributed by atoms with Gasteiger partial charge in [0.25, 0.3) is 0 Å². The van der Waals surface area contributed by atoms with Crippen LogP contribution in [0.1, 0.15) is 38.9 Å². The molecular formula is C20H27NO4. The van der Waals surface area contributed by atoms with E-state index in [1.165, 1.54) is 5.57 Å². The minimum atomic E-state index is -0.547. The van der Waals surface area contributed by atoms with E-state index in [1.54, 1.807) is 6.26 Å². The lowest BCUT2D eigenvalue weighted by Gasteiger charge is -2.51. The third-order valence-electron chi connectivity index (χ3n) is 6.81. The van der Waals surface area contributed by atoms with Crippen molar-refractivity contribution < 1.29 is 19.1 Å². The molecule has 0 aromatic carbocycles. The summed E-state index contributed by atoms with van der Waals surface area (Å²) in [5, 5.41) is 14.5. The molecule has 1 saturated carbocycles. The Bertz CT molecular complexity index is 667. The lowest BCUT2D eigenvalue weighted by atomic mass is 9.55. The fourth-order valence-electron chi connectivity index (χ4n) is 5.06. The van der Waals surface area contributed by atoms with Crippen LogP contribution in [0.15, 0.2) is 34.5 Å². The summed E-state index contributed by atoms with van der Waals surface area (Å²) >= 11 is 0. The predicted molar refractivity (Wildman–Crippen MR) is 92.5 cm³/mol. The van der Waals surface area contributed by atoms with Gasteiger partial charge < -0.3 is 19.6 Å². The monoisotopic (exact) mass is 345 g/mol. The molecule has 1 aromatic rings. The Kier molecular flexibility index (Phi) is 4.24. The Hall–Kier alpha value is -1.59. The van der Waals surface area contributed by atoms with E-state index in [0.717, 1.165) is 25.0 Å². The zero-order valence-electron chi connectivity index (χ0n) is 14.9. The second kappa shape index (κ2) is 6.29. The van der Waals surface area contributed by atoms with E-state index >= 15 is 0 Å². The minimum Gasteiger partial charge on any atom is -0.468 e. The number of rotatable bonds is 4. The average molecular weight is 345 g/mol. The van der Waals surface area contributed by atoms with Crippen molar-refractivity contribution in [3.05, 3.63) is 35.8 Å². The molecule has 0 radical (unpaired) electrons. The first-order valence-corrected chi connectivity index (χ1v) is 9.33. The summed E-state index contributed by atoms with van der Waals surface area (Å²) in [7, 11) is 0. The molecule has 136 valence electrons. The van der Waals surface area contributed by atoms with E-state index in [-0.39, 0.29) is 29.3 Å². The van der Waals surface area contributed by atoms with Crippen LogP contribution < -0.4 is 5.32 Å². The van der Waals surface area contributed by atoms with Crippen molar-refractivity contribution in [3.63, 3.8) is 0 Å². The highest BCUT2D eigenvalue weighted by Gasteiger charge is 2.59. The summed E-state index contributed by atoms with van der Waals surface area (Å²) in [5.41, 5.74) is 1.03. The summed E-state index contributed by atoms with van der Waals surface area (Å²) in [4.78, 5) is 12.5. The number of ether oxygens (including phenoxy) is 1. The van der Waals surface area contributed by atoms with E-state index in [1.807, 2.05) is 12.1 Å². The van der Waals surface area contributed by atoms with Crippen molar-refractivity contribution in [3.8, 4) is 0 Å². The molecule has 2 N–H and O–H groups in total. The number of aliphatic hydroxyl groups is 1. The maximum atomic E-state index is 12.5. The van der Waals surface area contributed by atoms with Crippen molar-refractivity contribution in [1.82, 2.24) is 5.32 Å². The molecule has 0 amide bonds. The molecule has 1 aliphatic heterocycles. The normalized spacial score (nSPS) is 40.2. The number of allylic oxidation sites excluding steroid dienone is 1. The molecule has 0 spiro atoms.